The molecule has 0 saturated heterocycles. The van der Waals surface area contributed by atoms with Crippen LogP contribution in [0.15, 0.2) is 24.3 Å². The third kappa shape index (κ3) is 2.41. The van der Waals surface area contributed by atoms with Gasteiger partial charge in [-0.25, -0.2) is 0 Å². The number of rotatable bonds is 2. The van der Waals surface area contributed by atoms with Gasteiger partial charge in [0.25, 0.3) is 0 Å². The van der Waals surface area contributed by atoms with E-state index in [0.717, 1.165) is 23.8 Å². The zero-order valence-corrected chi connectivity index (χ0v) is 10.6. The molecule has 16 heavy (non-hydrogen) atoms. The average molecular weight is 238 g/mol. The van der Waals surface area contributed by atoms with Gasteiger partial charge in [-0.1, -0.05) is 37.1 Å². The maximum absolute atomic E-state index is 6.51. The van der Waals surface area contributed by atoms with Crippen LogP contribution in [0.25, 0.3) is 0 Å². The van der Waals surface area contributed by atoms with Crippen LogP contribution in [-0.4, -0.2) is 0 Å². The van der Waals surface area contributed by atoms with E-state index in [-0.39, 0.29) is 5.54 Å². The molecule has 0 unspecified atom stereocenters. The first-order valence-electron chi connectivity index (χ1n) is 6.19. The van der Waals surface area contributed by atoms with Crippen LogP contribution >= 0.6 is 11.6 Å². The largest absolute Gasteiger partial charge is 0.321 e. The van der Waals surface area contributed by atoms with Crippen LogP contribution in [0.3, 0.4) is 0 Å². The molecule has 0 heterocycles. The molecule has 0 amide bonds. The first-order chi connectivity index (χ1) is 7.64. The minimum absolute atomic E-state index is 0.142. The molecule has 0 spiro atoms. The Morgan fingerprint density at radius 2 is 2.06 bits per heavy atom. The molecular formula is C14H20ClN. The zero-order chi connectivity index (χ0) is 11.6. The van der Waals surface area contributed by atoms with Crippen LogP contribution in [0.5, 0.6) is 0 Å². The Kier molecular flexibility index (Phi) is 3.56. The van der Waals surface area contributed by atoms with Crippen molar-refractivity contribution in [2.75, 3.05) is 0 Å². The molecule has 1 fully saturated rings. The second kappa shape index (κ2) is 4.77. The molecular weight excluding hydrogens is 218 g/mol. The molecule has 0 atom stereocenters. The Labute approximate surface area is 103 Å². The first kappa shape index (κ1) is 11.9. The molecule has 0 radical (unpaired) electrons. The van der Waals surface area contributed by atoms with Crippen LogP contribution < -0.4 is 5.73 Å². The van der Waals surface area contributed by atoms with Gasteiger partial charge in [0, 0.05) is 10.6 Å². The quantitative estimate of drug-likeness (QED) is 0.824. The Bertz CT molecular complexity index is 354. The van der Waals surface area contributed by atoms with Gasteiger partial charge in [-0.2, -0.15) is 0 Å². The van der Waals surface area contributed by atoms with E-state index in [0.29, 0.717) is 0 Å². The van der Waals surface area contributed by atoms with Gasteiger partial charge in [-0.15, -0.1) is 0 Å². The van der Waals surface area contributed by atoms with Gasteiger partial charge in [0.15, 0.2) is 0 Å². The normalized spacial score (nSPS) is 30.3. The predicted molar refractivity (Wildman–Crippen MR) is 69.6 cm³/mol. The number of hydrogen-bond donors (Lipinski definition) is 1. The molecule has 1 nitrogen and oxygen atoms in total. The fourth-order valence-corrected chi connectivity index (χ4v) is 2.88. The van der Waals surface area contributed by atoms with E-state index in [2.05, 4.69) is 13.0 Å². The minimum Gasteiger partial charge on any atom is -0.321 e. The van der Waals surface area contributed by atoms with Crippen molar-refractivity contribution < 1.29 is 0 Å². The van der Waals surface area contributed by atoms with E-state index < -0.39 is 0 Å². The van der Waals surface area contributed by atoms with Gasteiger partial charge in [0.05, 0.1) is 0 Å². The third-order valence-electron chi connectivity index (χ3n) is 3.97. The smallest absolute Gasteiger partial charge is 0.0410 e. The third-order valence-corrected chi connectivity index (χ3v) is 4.21. The van der Waals surface area contributed by atoms with Gasteiger partial charge in [0.1, 0.15) is 0 Å². The van der Waals surface area contributed by atoms with Crippen molar-refractivity contribution in [3.8, 4) is 0 Å². The lowest BCUT2D eigenvalue weighted by atomic mass is 9.73. The summed E-state index contributed by atoms with van der Waals surface area (Å²) in [6, 6.07) is 8.04. The first-order valence-corrected chi connectivity index (χ1v) is 6.57. The second-order valence-electron chi connectivity index (χ2n) is 5.02. The standard InChI is InChI=1S/C14H20ClN/c1-2-11-6-8-14(16,9-7-11)12-4-3-5-13(15)10-12/h3-5,10-11H,2,6-9,16H2,1H3. The second-order valence-corrected chi connectivity index (χ2v) is 5.45. The number of nitrogens with two attached hydrogens (primary N) is 1. The van der Waals surface area contributed by atoms with Gasteiger partial charge >= 0.3 is 0 Å². The summed E-state index contributed by atoms with van der Waals surface area (Å²) in [5, 5.41) is 0.792. The van der Waals surface area contributed by atoms with Crippen LogP contribution in [0.2, 0.25) is 5.02 Å². The van der Waals surface area contributed by atoms with Crippen molar-refractivity contribution in [2.24, 2.45) is 11.7 Å². The van der Waals surface area contributed by atoms with Crippen LogP contribution in [0.1, 0.15) is 44.6 Å². The molecule has 0 bridgehead atoms. The molecule has 1 aliphatic rings. The fourth-order valence-electron chi connectivity index (χ4n) is 2.69. The summed E-state index contributed by atoms with van der Waals surface area (Å²) < 4.78 is 0. The van der Waals surface area contributed by atoms with Gasteiger partial charge in [-0.05, 0) is 49.3 Å². The van der Waals surface area contributed by atoms with Gasteiger partial charge in [0.2, 0.25) is 0 Å². The summed E-state index contributed by atoms with van der Waals surface area (Å²) in [6.45, 7) is 2.27. The lowest BCUT2D eigenvalue weighted by Crippen LogP contribution is -2.40. The van der Waals surface area contributed by atoms with E-state index >= 15 is 0 Å². The molecule has 1 saturated carbocycles. The molecule has 2 heteroatoms. The predicted octanol–water partition coefficient (Wildman–Crippen LogP) is 4.09. The highest BCUT2D eigenvalue weighted by Gasteiger charge is 2.32. The monoisotopic (exact) mass is 237 g/mol. The topological polar surface area (TPSA) is 26.0 Å². The summed E-state index contributed by atoms with van der Waals surface area (Å²) in [5.74, 6) is 0.871. The van der Waals surface area contributed by atoms with Gasteiger partial charge < -0.3 is 5.73 Å². The number of benzene rings is 1. The van der Waals surface area contributed by atoms with Crippen molar-refractivity contribution in [3.63, 3.8) is 0 Å². The average Bonchev–Trinajstić information content (AvgIpc) is 2.30. The van der Waals surface area contributed by atoms with E-state index in [9.17, 15) is 0 Å². The maximum atomic E-state index is 6.51. The molecule has 2 rings (SSSR count). The van der Waals surface area contributed by atoms with Crippen molar-refractivity contribution in [1.82, 2.24) is 0 Å². The summed E-state index contributed by atoms with van der Waals surface area (Å²) >= 11 is 6.03. The summed E-state index contributed by atoms with van der Waals surface area (Å²) in [7, 11) is 0. The van der Waals surface area contributed by atoms with Crippen molar-refractivity contribution in [1.29, 1.82) is 0 Å². The fraction of sp³-hybridized carbons (Fsp3) is 0.571. The summed E-state index contributed by atoms with van der Waals surface area (Å²) in [5.41, 5.74) is 7.57. The van der Waals surface area contributed by atoms with Crippen LogP contribution in [0.4, 0.5) is 0 Å². The summed E-state index contributed by atoms with van der Waals surface area (Å²) in [4.78, 5) is 0. The van der Waals surface area contributed by atoms with Crippen molar-refractivity contribution >= 4 is 11.6 Å². The number of halogens is 1. The van der Waals surface area contributed by atoms with Crippen molar-refractivity contribution in [3.05, 3.63) is 34.9 Å². The summed E-state index contributed by atoms with van der Waals surface area (Å²) in [6.07, 6.45) is 5.96. The number of hydrogen-bond acceptors (Lipinski definition) is 1. The Morgan fingerprint density at radius 3 is 2.62 bits per heavy atom. The Balaban J connectivity index is 2.15. The van der Waals surface area contributed by atoms with E-state index in [4.69, 9.17) is 17.3 Å². The van der Waals surface area contributed by atoms with E-state index in [1.54, 1.807) is 0 Å². The molecule has 1 aromatic carbocycles. The van der Waals surface area contributed by atoms with Crippen molar-refractivity contribution in [2.45, 2.75) is 44.6 Å². The molecule has 1 aliphatic carbocycles. The highest BCUT2D eigenvalue weighted by atomic mass is 35.5. The Morgan fingerprint density at radius 1 is 1.38 bits per heavy atom. The molecule has 0 aromatic heterocycles. The molecule has 0 aliphatic heterocycles. The highest BCUT2D eigenvalue weighted by Crippen LogP contribution is 2.39. The molecule has 88 valence electrons. The molecule has 2 N–H and O–H groups in total. The molecule has 1 aromatic rings. The van der Waals surface area contributed by atoms with Crippen LogP contribution in [-0.2, 0) is 5.54 Å². The Hall–Kier alpha value is -0.530. The SMILES string of the molecule is CCC1CCC(N)(c2cccc(Cl)c2)CC1. The lowest BCUT2D eigenvalue weighted by molar-refractivity contribution is 0.232. The van der Waals surface area contributed by atoms with Gasteiger partial charge in [-0.3, -0.25) is 0 Å². The van der Waals surface area contributed by atoms with E-state index in [1.807, 2.05) is 18.2 Å². The zero-order valence-electron chi connectivity index (χ0n) is 9.88. The maximum Gasteiger partial charge on any atom is 0.0410 e. The lowest BCUT2D eigenvalue weighted by Gasteiger charge is -2.37. The van der Waals surface area contributed by atoms with E-state index in [1.165, 1.54) is 24.8 Å². The van der Waals surface area contributed by atoms with Crippen LogP contribution in [0, 0.1) is 5.92 Å². The minimum atomic E-state index is -0.142. The highest BCUT2D eigenvalue weighted by molar-refractivity contribution is 6.30.